The number of carbonyl (C=O) groups excluding carboxylic acids is 1. The lowest BCUT2D eigenvalue weighted by molar-refractivity contribution is -0.168. The van der Waals surface area contributed by atoms with Gasteiger partial charge >= 0.3 is 12.3 Å². The molecule has 0 unspecified atom stereocenters. The van der Waals surface area contributed by atoms with Crippen LogP contribution in [0.1, 0.15) is 5.56 Å². The molecule has 3 N–H and O–H groups in total. The van der Waals surface area contributed by atoms with Crippen LogP contribution in [0.15, 0.2) is 18.3 Å². The number of aromatic nitrogens is 1. The first-order valence-electron chi connectivity index (χ1n) is 5.52. The molecular formula is C11H13F4N3O2. The van der Waals surface area contributed by atoms with Gasteiger partial charge in [0.15, 0.2) is 0 Å². The van der Waals surface area contributed by atoms with E-state index in [0.717, 1.165) is 0 Å². The minimum atomic E-state index is -4.27. The zero-order valence-electron chi connectivity index (χ0n) is 10.3. The SMILES string of the molecule is Nc1ncccc1CNC(=O)COCC(F)(F)C(F)F. The van der Waals surface area contributed by atoms with Gasteiger partial charge in [-0.2, -0.15) is 8.78 Å². The van der Waals surface area contributed by atoms with Crippen LogP contribution in [0, 0.1) is 0 Å². The monoisotopic (exact) mass is 295 g/mol. The first-order chi connectivity index (χ1) is 9.33. The summed E-state index contributed by atoms with van der Waals surface area (Å²) in [5.74, 6) is -4.77. The maximum Gasteiger partial charge on any atom is 0.330 e. The van der Waals surface area contributed by atoms with Gasteiger partial charge in [0.1, 0.15) is 19.0 Å². The average Bonchev–Trinajstić information content (AvgIpc) is 2.37. The molecule has 0 aromatic carbocycles. The number of nitrogens with two attached hydrogens (primary N) is 1. The highest BCUT2D eigenvalue weighted by Gasteiger charge is 2.41. The quantitative estimate of drug-likeness (QED) is 0.741. The maximum atomic E-state index is 12.5. The number of anilines is 1. The molecule has 1 rings (SSSR count). The van der Waals surface area contributed by atoms with Crippen molar-refractivity contribution in [1.82, 2.24) is 10.3 Å². The van der Waals surface area contributed by atoms with E-state index in [1.807, 2.05) is 0 Å². The number of ether oxygens (including phenoxy) is 1. The summed E-state index contributed by atoms with van der Waals surface area (Å²) in [5, 5.41) is 2.34. The standard InChI is InChI=1S/C11H13F4N3O2/c12-10(13)11(14,15)6-20-5-8(19)18-4-7-2-1-3-17-9(7)16/h1-3,10H,4-6H2,(H2,16,17)(H,18,19). The number of nitrogens with zero attached hydrogens (tertiary/aromatic N) is 1. The van der Waals surface area contributed by atoms with E-state index in [-0.39, 0.29) is 12.4 Å². The van der Waals surface area contributed by atoms with Crippen LogP contribution in [0.3, 0.4) is 0 Å². The summed E-state index contributed by atoms with van der Waals surface area (Å²) >= 11 is 0. The van der Waals surface area contributed by atoms with E-state index in [9.17, 15) is 22.4 Å². The Kier molecular flexibility index (Phi) is 5.68. The minimum absolute atomic E-state index is 0.0348. The van der Waals surface area contributed by atoms with Crippen molar-refractivity contribution in [1.29, 1.82) is 0 Å². The second-order valence-corrected chi connectivity index (χ2v) is 3.88. The highest BCUT2D eigenvalue weighted by Crippen LogP contribution is 2.22. The second kappa shape index (κ2) is 7.04. The van der Waals surface area contributed by atoms with Gasteiger partial charge < -0.3 is 15.8 Å². The Hall–Kier alpha value is -1.90. The van der Waals surface area contributed by atoms with Crippen LogP contribution < -0.4 is 11.1 Å². The van der Waals surface area contributed by atoms with E-state index in [1.165, 1.54) is 6.20 Å². The van der Waals surface area contributed by atoms with Crippen LogP contribution in [-0.2, 0) is 16.1 Å². The molecule has 0 saturated carbocycles. The first-order valence-corrected chi connectivity index (χ1v) is 5.52. The topological polar surface area (TPSA) is 77.2 Å². The van der Waals surface area contributed by atoms with Crippen LogP contribution in [0.2, 0.25) is 0 Å². The van der Waals surface area contributed by atoms with Gasteiger partial charge in [0.25, 0.3) is 0 Å². The van der Waals surface area contributed by atoms with E-state index < -0.39 is 31.5 Å². The summed E-state index contributed by atoms with van der Waals surface area (Å²) in [4.78, 5) is 15.0. The number of carbonyl (C=O) groups is 1. The van der Waals surface area contributed by atoms with Gasteiger partial charge in [-0.15, -0.1) is 0 Å². The van der Waals surface area contributed by atoms with E-state index in [4.69, 9.17) is 5.73 Å². The number of pyridine rings is 1. The summed E-state index contributed by atoms with van der Waals surface area (Å²) in [6.07, 6.45) is -2.36. The Morgan fingerprint density at radius 2 is 2.20 bits per heavy atom. The molecule has 1 aromatic heterocycles. The third kappa shape index (κ3) is 5.00. The highest BCUT2D eigenvalue weighted by molar-refractivity contribution is 5.77. The Morgan fingerprint density at radius 1 is 1.50 bits per heavy atom. The molecule has 5 nitrogen and oxygen atoms in total. The summed E-state index contributed by atoms with van der Waals surface area (Å²) in [6.45, 7) is -2.23. The Morgan fingerprint density at radius 3 is 2.80 bits per heavy atom. The molecule has 0 radical (unpaired) electrons. The van der Waals surface area contributed by atoms with E-state index in [0.29, 0.717) is 5.56 Å². The number of hydrogen-bond acceptors (Lipinski definition) is 4. The fourth-order valence-corrected chi connectivity index (χ4v) is 1.19. The van der Waals surface area contributed by atoms with Crippen LogP contribution in [0.4, 0.5) is 23.4 Å². The van der Waals surface area contributed by atoms with Crippen LogP contribution in [0.5, 0.6) is 0 Å². The smallest absolute Gasteiger partial charge is 0.330 e. The maximum absolute atomic E-state index is 12.5. The lowest BCUT2D eigenvalue weighted by Gasteiger charge is -2.15. The van der Waals surface area contributed by atoms with Crippen LogP contribution in [0.25, 0.3) is 0 Å². The van der Waals surface area contributed by atoms with Gasteiger partial charge in [-0.1, -0.05) is 6.07 Å². The number of halogens is 4. The van der Waals surface area contributed by atoms with Crippen molar-refractivity contribution >= 4 is 11.7 Å². The van der Waals surface area contributed by atoms with Gasteiger partial charge in [0, 0.05) is 18.3 Å². The van der Waals surface area contributed by atoms with Crippen molar-refractivity contribution in [2.24, 2.45) is 0 Å². The van der Waals surface area contributed by atoms with Crippen LogP contribution in [-0.4, -0.2) is 36.5 Å². The number of hydrogen-bond donors (Lipinski definition) is 2. The van der Waals surface area contributed by atoms with Crippen molar-refractivity contribution in [3.8, 4) is 0 Å². The van der Waals surface area contributed by atoms with E-state index in [2.05, 4.69) is 15.0 Å². The lowest BCUT2D eigenvalue weighted by atomic mass is 10.2. The highest BCUT2D eigenvalue weighted by atomic mass is 19.3. The number of amides is 1. The fraction of sp³-hybridized carbons (Fsp3) is 0.455. The summed E-state index contributed by atoms with van der Waals surface area (Å²) in [7, 11) is 0. The second-order valence-electron chi connectivity index (χ2n) is 3.88. The number of nitrogen functional groups attached to an aromatic ring is 1. The molecule has 0 atom stereocenters. The van der Waals surface area contributed by atoms with Crippen LogP contribution >= 0.6 is 0 Å². The predicted octanol–water partition coefficient (Wildman–Crippen LogP) is 1.20. The van der Waals surface area contributed by atoms with Gasteiger partial charge in [-0.25, -0.2) is 13.8 Å². The molecule has 0 fully saturated rings. The molecule has 0 aliphatic heterocycles. The molecule has 20 heavy (non-hydrogen) atoms. The Balaban J connectivity index is 2.30. The zero-order valence-corrected chi connectivity index (χ0v) is 10.3. The Bertz CT molecular complexity index is 457. The normalized spacial score (nSPS) is 11.7. The molecular weight excluding hydrogens is 282 g/mol. The van der Waals surface area contributed by atoms with E-state index in [1.54, 1.807) is 12.1 Å². The third-order valence-corrected chi connectivity index (χ3v) is 2.25. The van der Waals surface area contributed by atoms with Gasteiger partial charge in [0.2, 0.25) is 5.91 Å². The largest absolute Gasteiger partial charge is 0.383 e. The minimum Gasteiger partial charge on any atom is -0.383 e. The molecule has 1 aromatic rings. The summed E-state index contributed by atoms with van der Waals surface area (Å²) in [6, 6.07) is 3.23. The number of rotatable bonds is 7. The van der Waals surface area contributed by atoms with Gasteiger partial charge in [-0.3, -0.25) is 4.79 Å². The lowest BCUT2D eigenvalue weighted by Crippen LogP contribution is -2.35. The molecule has 1 heterocycles. The zero-order chi connectivity index (χ0) is 15.2. The molecule has 1 amide bonds. The first kappa shape index (κ1) is 16.2. The number of nitrogens with one attached hydrogen (secondary N) is 1. The Labute approximate surface area is 112 Å². The van der Waals surface area contributed by atoms with Crippen molar-refractivity contribution in [2.45, 2.75) is 18.9 Å². The molecule has 0 aliphatic carbocycles. The molecule has 0 spiro atoms. The van der Waals surface area contributed by atoms with Crippen molar-refractivity contribution in [2.75, 3.05) is 18.9 Å². The summed E-state index contributed by atoms with van der Waals surface area (Å²) < 4.78 is 52.8. The molecule has 112 valence electrons. The van der Waals surface area contributed by atoms with Gasteiger partial charge in [0.05, 0.1) is 0 Å². The van der Waals surface area contributed by atoms with Crippen molar-refractivity contribution in [3.05, 3.63) is 23.9 Å². The molecule has 0 bridgehead atoms. The average molecular weight is 295 g/mol. The van der Waals surface area contributed by atoms with E-state index >= 15 is 0 Å². The van der Waals surface area contributed by atoms with Crippen molar-refractivity contribution < 1.29 is 27.1 Å². The third-order valence-electron chi connectivity index (χ3n) is 2.25. The molecule has 0 saturated heterocycles. The number of alkyl halides is 4. The molecule has 9 heteroatoms. The fourth-order valence-electron chi connectivity index (χ4n) is 1.19. The van der Waals surface area contributed by atoms with Gasteiger partial charge in [-0.05, 0) is 6.07 Å². The summed E-state index contributed by atoms with van der Waals surface area (Å²) in [5.41, 5.74) is 6.06. The predicted molar refractivity (Wildman–Crippen MR) is 62.3 cm³/mol. The van der Waals surface area contributed by atoms with Crippen molar-refractivity contribution in [3.63, 3.8) is 0 Å². The molecule has 0 aliphatic rings.